The first-order chi connectivity index (χ1) is 9.92. The zero-order chi connectivity index (χ0) is 15.8. The second-order valence-corrected chi connectivity index (χ2v) is 5.31. The predicted octanol–water partition coefficient (Wildman–Crippen LogP) is 0.0476. The molecule has 0 radical (unpaired) electrons. The number of hydrogen-bond donors (Lipinski definition) is 3. The lowest BCUT2D eigenvalue weighted by Gasteiger charge is -2.20. The fraction of sp³-hybridized carbons (Fsp3) is 0.533. The van der Waals surface area contributed by atoms with E-state index in [0.29, 0.717) is 12.3 Å². The maximum absolute atomic E-state index is 12.1. The lowest BCUT2D eigenvalue weighted by atomic mass is 9.94. The molecule has 0 saturated heterocycles. The molecule has 0 aliphatic heterocycles. The first-order valence-electron chi connectivity index (χ1n) is 7.06. The number of rotatable bonds is 7. The van der Waals surface area contributed by atoms with Crippen LogP contribution in [0.2, 0.25) is 0 Å². The van der Waals surface area contributed by atoms with E-state index in [4.69, 9.17) is 5.73 Å². The zero-order valence-electron chi connectivity index (χ0n) is 12.5. The highest BCUT2D eigenvalue weighted by molar-refractivity contribution is 5.91. The first-order valence-corrected chi connectivity index (χ1v) is 7.06. The van der Waals surface area contributed by atoms with Gasteiger partial charge in [0.2, 0.25) is 11.8 Å². The number of ketones is 1. The van der Waals surface area contributed by atoms with Gasteiger partial charge in [-0.2, -0.15) is 0 Å². The van der Waals surface area contributed by atoms with Crippen molar-refractivity contribution >= 4 is 17.6 Å². The monoisotopic (exact) mass is 293 g/mol. The van der Waals surface area contributed by atoms with Crippen molar-refractivity contribution in [1.29, 1.82) is 0 Å². The Morgan fingerprint density at radius 1 is 1.43 bits per heavy atom. The molecule has 116 valence electrons. The smallest absolute Gasteiger partial charge is 0.243 e. The molecule has 0 saturated carbocycles. The Morgan fingerprint density at radius 3 is 2.71 bits per heavy atom. The normalized spacial score (nSPS) is 18.6. The third kappa shape index (κ3) is 6.35. The summed E-state index contributed by atoms with van der Waals surface area (Å²) in [5.41, 5.74) is 6.27. The SMILES string of the molecule is CC(=O)CNC(=O)[C@H](CC1=CC(C)CC=C1)NC(=O)CN. The van der Waals surface area contributed by atoms with E-state index in [0.717, 1.165) is 12.0 Å². The molecule has 1 aliphatic rings. The van der Waals surface area contributed by atoms with Crippen LogP contribution in [0.4, 0.5) is 0 Å². The molecular weight excluding hydrogens is 270 g/mol. The molecule has 2 amide bonds. The van der Waals surface area contributed by atoms with Crippen LogP contribution in [0, 0.1) is 5.92 Å². The number of hydrogen-bond acceptors (Lipinski definition) is 4. The standard InChI is InChI=1S/C15H23N3O3/c1-10-4-3-5-12(6-10)7-13(18-14(20)8-16)15(21)17-9-11(2)19/h3,5-6,10,13H,4,7-9,16H2,1-2H3,(H,17,21)(H,18,20)/t10?,13-/m0/s1. The minimum absolute atomic E-state index is 0.0425. The van der Waals surface area contributed by atoms with Crippen LogP contribution in [-0.2, 0) is 14.4 Å². The van der Waals surface area contributed by atoms with E-state index >= 15 is 0 Å². The van der Waals surface area contributed by atoms with Crippen molar-refractivity contribution in [1.82, 2.24) is 10.6 Å². The maximum Gasteiger partial charge on any atom is 0.243 e. The average Bonchev–Trinajstić information content (AvgIpc) is 2.43. The molecule has 0 bridgehead atoms. The van der Waals surface area contributed by atoms with E-state index in [1.54, 1.807) is 0 Å². The summed E-state index contributed by atoms with van der Waals surface area (Å²) < 4.78 is 0. The Balaban J connectivity index is 2.71. The van der Waals surface area contributed by atoms with Gasteiger partial charge < -0.3 is 16.4 Å². The Morgan fingerprint density at radius 2 is 2.14 bits per heavy atom. The van der Waals surface area contributed by atoms with Gasteiger partial charge in [-0.3, -0.25) is 14.4 Å². The Kier molecular flexibility index (Phi) is 6.81. The number of Topliss-reactive ketones (excluding diaryl/α,β-unsaturated/α-hetero) is 1. The molecule has 0 aromatic heterocycles. The minimum Gasteiger partial charge on any atom is -0.347 e. The van der Waals surface area contributed by atoms with Crippen molar-refractivity contribution in [3.8, 4) is 0 Å². The molecule has 0 spiro atoms. The summed E-state index contributed by atoms with van der Waals surface area (Å²) in [6, 6.07) is -0.721. The third-order valence-electron chi connectivity index (χ3n) is 3.13. The summed E-state index contributed by atoms with van der Waals surface area (Å²) in [6.07, 6.45) is 7.45. The summed E-state index contributed by atoms with van der Waals surface area (Å²) in [5, 5.41) is 5.11. The van der Waals surface area contributed by atoms with Crippen LogP contribution in [0.1, 0.15) is 26.7 Å². The van der Waals surface area contributed by atoms with Crippen LogP contribution < -0.4 is 16.4 Å². The van der Waals surface area contributed by atoms with Gasteiger partial charge in [0.15, 0.2) is 0 Å². The van der Waals surface area contributed by atoms with Gasteiger partial charge >= 0.3 is 0 Å². The molecule has 0 aromatic carbocycles. The van der Waals surface area contributed by atoms with Gasteiger partial charge in [-0.05, 0) is 24.8 Å². The molecule has 4 N–H and O–H groups in total. The van der Waals surface area contributed by atoms with Crippen molar-refractivity contribution in [3.63, 3.8) is 0 Å². The highest BCUT2D eigenvalue weighted by Gasteiger charge is 2.22. The van der Waals surface area contributed by atoms with Crippen LogP contribution in [0.5, 0.6) is 0 Å². The van der Waals surface area contributed by atoms with Gasteiger partial charge in [0.05, 0.1) is 13.1 Å². The van der Waals surface area contributed by atoms with Gasteiger partial charge in [-0.25, -0.2) is 0 Å². The Labute approximate surface area is 124 Å². The topological polar surface area (TPSA) is 101 Å². The quantitative estimate of drug-likeness (QED) is 0.617. The van der Waals surface area contributed by atoms with Crippen LogP contribution in [0.3, 0.4) is 0 Å². The number of carbonyl (C=O) groups is 3. The number of allylic oxidation sites excluding steroid dienone is 3. The maximum atomic E-state index is 12.1. The van der Waals surface area contributed by atoms with Gasteiger partial charge in [0.1, 0.15) is 11.8 Å². The molecule has 1 rings (SSSR count). The van der Waals surface area contributed by atoms with E-state index in [1.165, 1.54) is 6.92 Å². The lowest BCUT2D eigenvalue weighted by molar-refractivity contribution is -0.129. The largest absolute Gasteiger partial charge is 0.347 e. The van der Waals surface area contributed by atoms with Crippen LogP contribution in [-0.4, -0.2) is 36.7 Å². The Hall–Kier alpha value is -1.95. The molecule has 2 atom stereocenters. The van der Waals surface area contributed by atoms with Gasteiger partial charge in [-0.15, -0.1) is 0 Å². The number of amides is 2. The third-order valence-corrected chi connectivity index (χ3v) is 3.13. The van der Waals surface area contributed by atoms with E-state index in [-0.39, 0.29) is 24.8 Å². The summed E-state index contributed by atoms with van der Waals surface area (Å²) >= 11 is 0. The molecule has 1 unspecified atom stereocenters. The second kappa shape index (κ2) is 8.36. The zero-order valence-corrected chi connectivity index (χ0v) is 12.5. The van der Waals surface area contributed by atoms with Crippen LogP contribution >= 0.6 is 0 Å². The number of carbonyl (C=O) groups excluding carboxylic acids is 3. The van der Waals surface area contributed by atoms with E-state index in [2.05, 4.69) is 29.7 Å². The van der Waals surface area contributed by atoms with Crippen molar-refractivity contribution < 1.29 is 14.4 Å². The van der Waals surface area contributed by atoms with Crippen molar-refractivity contribution in [3.05, 3.63) is 23.8 Å². The molecule has 6 heteroatoms. The number of nitrogens with one attached hydrogen (secondary N) is 2. The molecule has 0 aromatic rings. The highest BCUT2D eigenvalue weighted by atomic mass is 16.2. The van der Waals surface area contributed by atoms with E-state index in [9.17, 15) is 14.4 Å². The molecule has 0 heterocycles. The van der Waals surface area contributed by atoms with Crippen molar-refractivity contribution in [2.75, 3.05) is 13.1 Å². The number of nitrogens with two attached hydrogens (primary N) is 1. The summed E-state index contributed by atoms with van der Waals surface area (Å²) in [7, 11) is 0. The fourth-order valence-electron chi connectivity index (χ4n) is 2.09. The fourth-order valence-corrected chi connectivity index (χ4v) is 2.09. The van der Waals surface area contributed by atoms with Gasteiger partial charge in [0, 0.05) is 6.42 Å². The van der Waals surface area contributed by atoms with Crippen molar-refractivity contribution in [2.24, 2.45) is 11.7 Å². The lowest BCUT2D eigenvalue weighted by Crippen LogP contribution is -2.49. The Bertz CT molecular complexity index is 469. The second-order valence-electron chi connectivity index (χ2n) is 5.31. The molecule has 21 heavy (non-hydrogen) atoms. The van der Waals surface area contributed by atoms with Crippen molar-refractivity contribution in [2.45, 2.75) is 32.7 Å². The molecule has 0 fully saturated rings. The van der Waals surface area contributed by atoms with Gasteiger partial charge in [0.25, 0.3) is 0 Å². The van der Waals surface area contributed by atoms with E-state index < -0.39 is 11.9 Å². The molecule has 6 nitrogen and oxygen atoms in total. The highest BCUT2D eigenvalue weighted by Crippen LogP contribution is 2.19. The summed E-state index contributed by atoms with van der Waals surface area (Å²) in [5.74, 6) is -0.500. The van der Waals surface area contributed by atoms with Crippen LogP contribution in [0.25, 0.3) is 0 Å². The summed E-state index contributed by atoms with van der Waals surface area (Å²) in [6.45, 7) is 3.26. The minimum atomic E-state index is -0.721. The molecule has 1 aliphatic carbocycles. The van der Waals surface area contributed by atoms with Crippen LogP contribution in [0.15, 0.2) is 23.8 Å². The predicted molar refractivity (Wildman–Crippen MR) is 80.3 cm³/mol. The summed E-state index contributed by atoms with van der Waals surface area (Å²) in [4.78, 5) is 34.5. The first kappa shape index (κ1) is 17.1. The average molecular weight is 293 g/mol. The molecular formula is C15H23N3O3. The van der Waals surface area contributed by atoms with E-state index in [1.807, 2.05) is 6.08 Å². The van der Waals surface area contributed by atoms with Gasteiger partial charge in [-0.1, -0.05) is 25.2 Å².